The average Bonchev–Trinajstić information content (AvgIpc) is 3.34. The molecule has 0 unspecified atom stereocenters. The van der Waals surface area contributed by atoms with Crippen molar-refractivity contribution >= 4 is 6.08 Å². The molecule has 3 heterocycles. The van der Waals surface area contributed by atoms with Crippen molar-refractivity contribution in [2.45, 2.75) is 63.6 Å². The first-order chi connectivity index (χ1) is 15.4. The zero-order chi connectivity index (χ0) is 22.2. The predicted molar refractivity (Wildman–Crippen MR) is 119 cm³/mol. The van der Waals surface area contributed by atoms with Gasteiger partial charge in [-0.25, -0.2) is 0 Å². The summed E-state index contributed by atoms with van der Waals surface area (Å²) >= 11 is 0. The van der Waals surface area contributed by atoms with Crippen molar-refractivity contribution in [2.75, 3.05) is 13.2 Å². The van der Waals surface area contributed by atoms with Crippen molar-refractivity contribution < 1.29 is 28.4 Å². The molecule has 6 heteroatoms. The predicted octanol–water partition coefficient (Wildman–Crippen LogP) is 4.21. The largest absolute Gasteiger partial charge is 0.365 e. The van der Waals surface area contributed by atoms with E-state index in [1.807, 2.05) is 68.5 Å². The van der Waals surface area contributed by atoms with Crippen molar-refractivity contribution in [3.8, 4) is 0 Å². The minimum absolute atomic E-state index is 0.250. The minimum Gasteiger partial charge on any atom is -0.365 e. The number of benzene rings is 2. The molecule has 0 bridgehead atoms. The maximum atomic E-state index is 6.45. The summed E-state index contributed by atoms with van der Waals surface area (Å²) in [5.74, 6) is -1.79. The highest BCUT2D eigenvalue weighted by molar-refractivity contribution is 5.49. The Morgan fingerprint density at radius 1 is 1.00 bits per heavy atom. The van der Waals surface area contributed by atoms with E-state index >= 15 is 0 Å². The van der Waals surface area contributed by atoms with Crippen LogP contribution in [-0.4, -0.2) is 49.4 Å². The molecule has 0 radical (unpaired) electrons. The number of aryl methyl sites for hydroxylation is 1. The molecule has 3 aliphatic rings. The van der Waals surface area contributed by atoms with Gasteiger partial charge >= 0.3 is 0 Å². The van der Waals surface area contributed by atoms with Gasteiger partial charge in [0, 0.05) is 0 Å². The van der Waals surface area contributed by atoms with Crippen LogP contribution in [0.5, 0.6) is 0 Å². The number of hydrogen-bond donors (Lipinski definition) is 0. The summed E-state index contributed by atoms with van der Waals surface area (Å²) in [6.07, 6.45) is 2.35. The summed E-state index contributed by atoms with van der Waals surface area (Å²) in [5.41, 5.74) is 3.37. The van der Waals surface area contributed by atoms with Gasteiger partial charge in [0.15, 0.2) is 12.1 Å². The van der Waals surface area contributed by atoms with E-state index in [9.17, 15) is 0 Å². The van der Waals surface area contributed by atoms with E-state index in [4.69, 9.17) is 28.4 Å². The van der Waals surface area contributed by atoms with Crippen LogP contribution in [0.1, 0.15) is 30.5 Å². The lowest BCUT2D eigenvalue weighted by atomic mass is 9.97. The molecular formula is C26H30O6. The minimum atomic E-state index is -1.03. The van der Waals surface area contributed by atoms with Crippen LogP contribution in [0, 0.1) is 6.92 Å². The molecule has 3 fully saturated rings. The monoisotopic (exact) mass is 438 g/mol. The van der Waals surface area contributed by atoms with Gasteiger partial charge in [-0.1, -0.05) is 60.7 Å². The highest BCUT2D eigenvalue weighted by Crippen LogP contribution is 2.44. The van der Waals surface area contributed by atoms with E-state index in [1.54, 1.807) is 0 Å². The standard InChI is InChI=1S/C26H30O6/c1-18-9-7-8-12-20(18)15-27-24-23-21(16-28-26(24)17-29-25(2,3)32-26)30-22(31-23)14-13-19-10-5-4-6-11-19/h4-14,21-24H,15-17H2,1-3H3/b14-13+/t21-,22-,23-,24+,26+/m1/s1. The third kappa shape index (κ3) is 4.39. The van der Waals surface area contributed by atoms with E-state index < -0.39 is 24.0 Å². The molecule has 0 aromatic heterocycles. The van der Waals surface area contributed by atoms with Crippen LogP contribution < -0.4 is 0 Å². The van der Waals surface area contributed by atoms with Crippen molar-refractivity contribution in [3.05, 3.63) is 77.4 Å². The molecule has 5 rings (SSSR count). The Morgan fingerprint density at radius 2 is 1.78 bits per heavy atom. The van der Waals surface area contributed by atoms with Gasteiger partial charge in [-0.2, -0.15) is 0 Å². The zero-order valence-corrected chi connectivity index (χ0v) is 18.7. The summed E-state index contributed by atoms with van der Waals surface area (Å²) in [6, 6.07) is 18.3. The first-order valence-electron chi connectivity index (χ1n) is 11.1. The quantitative estimate of drug-likeness (QED) is 0.697. The molecule has 32 heavy (non-hydrogen) atoms. The van der Waals surface area contributed by atoms with Crippen molar-refractivity contribution in [2.24, 2.45) is 0 Å². The number of ether oxygens (including phenoxy) is 6. The Hall–Kier alpha value is -2.06. The molecular weight excluding hydrogens is 408 g/mol. The van der Waals surface area contributed by atoms with Gasteiger partial charge in [0.2, 0.25) is 5.79 Å². The second kappa shape index (κ2) is 8.71. The maximum absolute atomic E-state index is 6.45. The fraction of sp³-hybridized carbons (Fsp3) is 0.462. The Kier molecular flexibility index (Phi) is 5.92. The second-order valence-electron chi connectivity index (χ2n) is 8.98. The molecule has 2 aromatic carbocycles. The van der Waals surface area contributed by atoms with Crippen molar-refractivity contribution in [1.29, 1.82) is 0 Å². The molecule has 3 aliphatic heterocycles. The molecule has 0 amide bonds. The summed E-state index contributed by atoms with van der Waals surface area (Å²) in [6.45, 7) is 6.88. The van der Waals surface area contributed by atoms with Gasteiger partial charge in [-0.3, -0.25) is 0 Å². The van der Waals surface area contributed by atoms with Crippen LogP contribution in [-0.2, 0) is 35.0 Å². The fourth-order valence-electron chi connectivity index (χ4n) is 4.46. The van der Waals surface area contributed by atoms with Crippen LogP contribution >= 0.6 is 0 Å². The molecule has 2 aromatic rings. The van der Waals surface area contributed by atoms with Crippen LogP contribution in [0.25, 0.3) is 6.08 Å². The molecule has 170 valence electrons. The lowest BCUT2D eigenvalue weighted by Crippen LogP contribution is -2.62. The first-order valence-corrected chi connectivity index (χ1v) is 11.1. The normalized spacial score (nSPS) is 33.7. The van der Waals surface area contributed by atoms with Crippen LogP contribution in [0.3, 0.4) is 0 Å². The Morgan fingerprint density at radius 3 is 2.53 bits per heavy atom. The fourth-order valence-corrected chi connectivity index (χ4v) is 4.46. The Labute approximate surface area is 189 Å². The van der Waals surface area contributed by atoms with Gasteiger partial charge in [0.05, 0.1) is 13.2 Å². The van der Waals surface area contributed by atoms with E-state index in [0.29, 0.717) is 13.2 Å². The van der Waals surface area contributed by atoms with Crippen LogP contribution in [0.4, 0.5) is 0 Å². The summed E-state index contributed by atoms with van der Waals surface area (Å²) in [4.78, 5) is 0. The summed E-state index contributed by atoms with van der Waals surface area (Å²) in [5, 5.41) is 0. The molecule has 0 aliphatic carbocycles. The van der Waals surface area contributed by atoms with Crippen LogP contribution in [0.2, 0.25) is 0 Å². The van der Waals surface area contributed by atoms with Gasteiger partial charge in [0.1, 0.15) is 24.9 Å². The smallest absolute Gasteiger partial charge is 0.224 e. The van der Waals surface area contributed by atoms with Gasteiger partial charge in [-0.05, 0) is 43.5 Å². The number of hydrogen-bond acceptors (Lipinski definition) is 6. The Bertz CT molecular complexity index is 958. The van der Waals surface area contributed by atoms with E-state index in [-0.39, 0.29) is 18.8 Å². The highest BCUT2D eigenvalue weighted by atomic mass is 16.9. The second-order valence-corrected chi connectivity index (χ2v) is 8.98. The SMILES string of the molecule is Cc1ccccc1CO[C@H]1[C@@H]2O[C@H](/C=C/c3ccccc3)O[C@@H]2CO[C@]12COC(C)(C)O2. The number of rotatable bonds is 5. The molecule has 0 N–H and O–H groups in total. The van der Waals surface area contributed by atoms with Crippen molar-refractivity contribution in [3.63, 3.8) is 0 Å². The lowest BCUT2D eigenvalue weighted by molar-refractivity contribution is -0.335. The highest BCUT2D eigenvalue weighted by Gasteiger charge is 2.62. The van der Waals surface area contributed by atoms with Crippen LogP contribution in [0.15, 0.2) is 60.7 Å². The first kappa shape index (κ1) is 21.8. The molecule has 1 spiro atoms. The lowest BCUT2D eigenvalue weighted by Gasteiger charge is -2.43. The van der Waals surface area contributed by atoms with E-state index in [0.717, 1.165) is 11.1 Å². The molecule has 5 atom stereocenters. The summed E-state index contributed by atoms with van der Waals surface area (Å²) < 4.78 is 37.3. The maximum Gasteiger partial charge on any atom is 0.224 e. The van der Waals surface area contributed by atoms with Gasteiger partial charge in [0.25, 0.3) is 0 Å². The molecule has 0 saturated carbocycles. The van der Waals surface area contributed by atoms with Gasteiger partial charge < -0.3 is 28.4 Å². The average molecular weight is 439 g/mol. The third-order valence-corrected chi connectivity index (χ3v) is 6.15. The number of fused-ring (bicyclic) bond motifs is 1. The topological polar surface area (TPSA) is 55.4 Å². The molecule has 3 saturated heterocycles. The van der Waals surface area contributed by atoms with E-state index in [1.165, 1.54) is 5.56 Å². The van der Waals surface area contributed by atoms with E-state index in [2.05, 4.69) is 19.1 Å². The molecule has 6 nitrogen and oxygen atoms in total. The van der Waals surface area contributed by atoms with Gasteiger partial charge in [-0.15, -0.1) is 0 Å². The van der Waals surface area contributed by atoms with Crippen molar-refractivity contribution in [1.82, 2.24) is 0 Å². The Balaban J connectivity index is 1.36. The summed E-state index contributed by atoms with van der Waals surface area (Å²) in [7, 11) is 0. The zero-order valence-electron chi connectivity index (χ0n) is 18.7. The third-order valence-electron chi connectivity index (χ3n) is 6.15.